The summed E-state index contributed by atoms with van der Waals surface area (Å²) in [5.41, 5.74) is 92.3. The second-order valence-electron chi connectivity index (χ2n) is 23.7. The molecule has 0 bridgehead atoms. The fraction of sp³-hybridized carbons (Fsp3) is 1.00. The molecule has 0 radical (unpaired) electrons. The second kappa shape index (κ2) is 64.2. The van der Waals surface area contributed by atoms with Crippen LogP contribution >= 0.6 is 0 Å². The van der Waals surface area contributed by atoms with E-state index in [0.29, 0.717) is 98.2 Å². The van der Waals surface area contributed by atoms with Crippen LogP contribution in [0.4, 0.5) is 0 Å². The summed E-state index contributed by atoms with van der Waals surface area (Å²) in [7, 11) is 2.01. The van der Waals surface area contributed by atoms with Gasteiger partial charge in [0.2, 0.25) is 0 Å². The summed E-state index contributed by atoms with van der Waals surface area (Å²) in [6.45, 7) is 46.6. The van der Waals surface area contributed by atoms with Gasteiger partial charge >= 0.3 is 0 Å². The first kappa shape index (κ1) is 87.8. The summed E-state index contributed by atoms with van der Waals surface area (Å²) >= 11 is 0. The molecular formula is C59H150N30. The Kier molecular flexibility index (Phi) is 63.3. The van der Waals surface area contributed by atoms with Crippen LogP contribution in [0, 0.1) is 0 Å². The maximum atomic E-state index is 6.20. The van der Waals surface area contributed by atoms with Crippen molar-refractivity contribution in [3.63, 3.8) is 0 Å². The van der Waals surface area contributed by atoms with E-state index in [9.17, 15) is 0 Å². The molecule has 31 N–H and O–H groups in total. The van der Waals surface area contributed by atoms with Gasteiger partial charge in [0.25, 0.3) is 0 Å². The lowest BCUT2D eigenvalue weighted by Crippen LogP contribution is -2.50. The third kappa shape index (κ3) is 49.1. The third-order valence-corrected chi connectivity index (χ3v) is 16.9. The van der Waals surface area contributed by atoms with E-state index in [0.717, 1.165) is 281 Å². The smallest absolute Gasteiger partial charge is 0.0110 e. The van der Waals surface area contributed by atoms with E-state index in [2.05, 4.69) is 73.9 Å². The van der Waals surface area contributed by atoms with Gasteiger partial charge in [-0.25, -0.2) is 0 Å². The Morgan fingerprint density at radius 2 is 0.213 bits per heavy atom. The van der Waals surface area contributed by atoms with E-state index in [-0.39, 0.29) is 0 Å². The molecule has 0 rings (SSSR count). The molecule has 0 atom stereocenters. The monoisotopic (exact) mass is 1280 g/mol. The van der Waals surface area contributed by atoms with Crippen molar-refractivity contribution in [2.45, 2.75) is 0 Å². The summed E-state index contributed by atoms with van der Waals surface area (Å²) in [5.74, 6) is 0. The summed E-state index contributed by atoms with van der Waals surface area (Å²) in [6, 6.07) is 0. The van der Waals surface area contributed by atoms with Crippen LogP contribution in [0.15, 0.2) is 0 Å². The largest absolute Gasteiger partial charge is 0.329 e. The summed E-state index contributed by atoms with van der Waals surface area (Å²) in [6.07, 6.45) is 0. The molecule has 536 valence electrons. The Morgan fingerprint density at radius 3 is 0.292 bits per heavy atom. The predicted molar refractivity (Wildman–Crippen MR) is 380 cm³/mol. The Labute approximate surface area is 544 Å². The van der Waals surface area contributed by atoms with E-state index >= 15 is 0 Å². The van der Waals surface area contributed by atoms with Crippen LogP contribution in [0.2, 0.25) is 0 Å². The molecule has 0 saturated carbocycles. The Morgan fingerprint density at radius 1 is 0.135 bits per heavy atom. The van der Waals surface area contributed by atoms with Crippen LogP contribution in [0.25, 0.3) is 0 Å². The molecule has 0 aliphatic rings. The molecule has 0 spiro atoms. The maximum Gasteiger partial charge on any atom is 0.0110 e. The van der Waals surface area contributed by atoms with Crippen LogP contribution < -0.4 is 91.3 Å². The van der Waals surface area contributed by atoms with Crippen LogP contribution in [-0.2, 0) is 0 Å². The van der Waals surface area contributed by atoms with E-state index in [4.69, 9.17) is 86.0 Å². The molecule has 0 unspecified atom stereocenters. The first-order valence-electron chi connectivity index (χ1n) is 34.8. The van der Waals surface area contributed by atoms with E-state index < -0.39 is 0 Å². The number of nitrogens with two attached hydrogens (primary N) is 15. The topological polar surface area (TPSA) is 448 Å². The lowest BCUT2D eigenvalue weighted by Gasteiger charge is -2.36. The zero-order chi connectivity index (χ0) is 65.8. The molecule has 0 amide bonds. The number of hydrogen-bond acceptors (Lipinski definition) is 30. The van der Waals surface area contributed by atoms with Crippen molar-refractivity contribution in [1.29, 1.82) is 0 Å². The molecule has 30 nitrogen and oxygen atoms in total. The van der Waals surface area contributed by atoms with Crippen LogP contribution in [-0.4, -0.2) is 455 Å². The van der Waals surface area contributed by atoms with Gasteiger partial charge in [-0.05, 0) is 7.05 Å². The van der Waals surface area contributed by atoms with Crippen molar-refractivity contribution in [2.75, 3.05) is 387 Å². The van der Waals surface area contributed by atoms with Crippen LogP contribution in [0.1, 0.15) is 0 Å². The average molecular weight is 1280 g/mol. The number of nitrogens with one attached hydrogen (secondary N) is 1. The minimum Gasteiger partial charge on any atom is -0.329 e. The quantitative estimate of drug-likeness (QED) is 0.0269. The second-order valence-corrected chi connectivity index (χ2v) is 23.7. The van der Waals surface area contributed by atoms with Gasteiger partial charge in [-0.3, -0.25) is 68.6 Å². The Hall–Kier alpha value is -1.20. The summed E-state index contributed by atoms with van der Waals surface area (Å²) in [4.78, 5) is 35.3. The lowest BCUT2D eigenvalue weighted by molar-refractivity contribution is 0.115. The van der Waals surface area contributed by atoms with Crippen molar-refractivity contribution in [3.05, 3.63) is 0 Å². The lowest BCUT2D eigenvalue weighted by atomic mass is 10.3. The van der Waals surface area contributed by atoms with Crippen molar-refractivity contribution >= 4 is 0 Å². The van der Waals surface area contributed by atoms with Gasteiger partial charge in [-0.1, -0.05) is 0 Å². The minimum absolute atomic E-state index is 0.593. The normalized spacial score (nSPS) is 12.7. The standard InChI is InChI=1S/C59H150N30/c1-75-17-33-83(32-16-74)41-49-87(48-40-82(30-14-72)31-15-73)53-57-89(56-52-86(46-38-80(26-10-68)27-11-69)47-39-81(28-12-70)29-13-71)59-58-88(54-50-84(42-34-76(18-2-60)19-3-61)43-35-77(20-4-62)21-5-63)55-51-85(44-36-78(22-6-64)23-7-65)45-37-79(24-8-66)25-9-67/h75H,2-74H2,1H3. The van der Waals surface area contributed by atoms with Crippen LogP contribution in [0.5, 0.6) is 0 Å². The highest BCUT2D eigenvalue weighted by atomic mass is 15.3. The van der Waals surface area contributed by atoms with Gasteiger partial charge in [0.05, 0.1) is 0 Å². The first-order valence-corrected chi connectivity index (χ1v) is 34.8. The van der Waals surface area contributed by atoms with E-state index in [1.54, 1.807) is 0 Å². The maximum absolute atomic E-state index is 6.20. The summed E-state index contributed by atoms with van der Waals surface area (Å²) in [5, 5.41) is 3.35. The number of likely N-dealkylation sites (N-methyl/N-ethyl adjacent to an activating group) is 1. The van der Waals surface area contributed by atoms with Gasteiger partial charge < -0.3 is 91.3 Å². The van der Waals surface area contributed by atoms with E-state index in [1.165, 1.54) is 0 Å². The van der Waals surface area contributed by atoms with Crippen molar-refractivity contribution < 1.29 is 0 Å². The molecule has 0 aliphatic heterocycles. The molecule has 30 heteroatoms. The SMILES string of the molecule is CNCCN(CCN)CCN(CCN(CCN)CCN)CCN(CCN(CCN(CCN)CCN)CCN(CCN)CCN)CCN(CCN(CCN(CCN)CCN)CCN(CCN)CCN)CCN(CCN(CCN)CCN)CCN(CCN)CCN. The third-order valence-electron chi connectivity index (χ3n) is 16.9. The first-order chi connectivity index (χ1) is 43.5. The number of rotatable bonds is 72. The highest BCUT2D eigenvalue weighted by Crippen LogP contribution is 2.06. The van der Waals surface area contributed by atoms with Crippen molar-refractivity contribution in [2.24, 2.45) is 86.0 Å². The Balaban J connectivity index is 7.84. The highest BCUT2D eigenvalue weighted by molar-refractivity contribution is 4.78. The molecule has 0 saturated heterocycles. The molecule has 0 aromatic carbocycles. The molecule has 0 aromatic heterocycles. The molecule has 0 heterocycles. The average Bonchev–Trinajstić information content (AvgIpc) is 3.70. The zero-order valence-electron chi connectivity index (χ0n) is 57.4. The molecule has 0 fully saturated rings. The van der Waals surface area contributed by atoms with Crippen molar-refractivity contribution in [3.8, 4) is 0 Å². The Bertz CT molecular complexity index is 1280. The van der Waals surface area contributed by atoms with Gasteiger partial charge in [0.15, 0.2) is 0 Å². The highest BCUT2D eigenvalue weighted by Gasteiger charge is 2.21. The molecular weight excluding hydrogens is 1130 g/mol. The van der Waals surface area contributed by atoms with E-state index in [1.807, 2.05) is 7.05 Å². The van der Waals surface area contributed by atoms with Crippen LogP contribution in [0.3, 0.4) is 0 Å². The van der Waals surface area contributed by atoms with Gasteiger partial charge in [0, 0.05) is 380 Å². The van der Waals surface area contributed by atoms with Gasteiger partial charge in [-0.2, -0.15) is 0 Å². The fourth-order valence-corrected chi connectivity index (χ4v) is 11.4. The van der Waals surface area contributed by atoms with Gasteiger partial charge in [-0.15, -0.1) is 0 Å². The predicted octanol–water partition coefficient (Wildman–Crippen LogP) is -11.2. The fourth-order valence-electron chi connectivity index (χ4n) is 11.4. The number of hydrogen-bond donors (Lipinski definition) is 16. The molecule has 89 heavy (non-hydrogen) atoms. The minimum atomic E-state index is 0.593. The van der Waals surface area contributed by atoms with Crippen molar-refractivity contribution in [1.82, 2.24) is 73.9 Å². The number of nitrogens with zero attached hydrogens (tertiary/aromatic N) is 14. The molecule has 0 aromatic rings. The van der Waals surface area contributed by atoms with Gasteiger partial charge in [0.1, 0.15) is 0 Å². The molecule has 0 aliphatic carbocycles. The zero-order valence-corrected chi connectivity index (χ0v) is 57.4. The summed E-state index contributed by atoms with van der Waals surface area (Å²) < 4.78 is 0.